The van der Waals surface area contributed by atoms with E-state index in [1.165, 1.54) is 0 Å². The van der Waals surface area contributed by atoms with Crippen molar-refractivity contribution < 1.29 is 29.1 Å². The molecule has 10 N–H and O–H groups in total. The second-order valence-corrected chi connectivity index (χ2v) is 7.94. The Bertz CT molecular complexity index is 664. The van der Waals surface area contributed by atoms with Crippen molar-refractivity contribution in [3.8, 4) is 0 Å². The quantitative estimate of drug-likeness (QED) is 0.0902. The first-order valence-electron chi connectivity index (χ1n) is 10.5. The zero-order chi connectivity index (χ0) is 24.8. The maximum atomic E-state index is 12.8. The lowest BCUT2D eigenvalue weighted by molar-refractivity contribution is -0.144. The van der Waals surface area contributed by atoms with Gasteiger partial charge in [0.15, 0.2) is 0 Å². The predicted octanol–water partition coefficient (Wildman–Crippen LogP) is -2.17. The fourth-order valence-electron chi connectivity index (χ4n) is 2.74. The van der Waals surface area contributed by atoms with E-state index >= 15 is 0 Å². The van der Waals surface area contributed by atoms with Gasteiger partial charge in [-0.3, -0.25) is 19.2 Å². The summed E-state index contributed by atoms with van der Waals surface area (Å²) in [6.07, 6.45) is 1.24. The van der Waals surface area contributed by atoms with E-state index in [-0.39, 0.29) is 12.2 Å². The molecule has 32 heavy (non-hydrogen) atoms. The third-order valence-corrected chi connectivity index (χ3v) is 5.32. The Labute approximate surface area is 193 Å². The number of nitrogens with one attached hydrogen (secondary N) is 3. The lowest BCUT2D eigenvalue weighted by Gasteiger charge is -2.26. The smallest absolute Gasteiger partial charge is 0.326 e. The molecule has 13 heteroatoms. The number of nitrogens with two attached hydrogens (primary N) is 3. The number of carboxylic acids is 1. The van der Waals surface area contributed by atoms with Gasteiger partial charge in [-0.2, -0.15) is 12.6 Å². The molecular weight excluding hydrogens is 440 g/mol. The first-order valence-corrected chi connectivity index (χ1v) is 11.1. The molecule has 0 rings (SSSR count). The van der Waals surface area contributed by atoms with Crippen molar-refractivity contribution in [2.45, 2.75) is 70.1 Å². The van der Waals surface area contributed by atoms with E-state index in [1.54, 1.807) is 13.8 Å². The first-order chi connectivity index (χ1) is 15.0. The monoisotopic (exact) mass is 476 g/mol. The third kappa shape index (κ3) is 10.8. The van der Waals surface area contributed by atoms with Crippen LogP contribution in [0.15, 0.2) is 0 Å². The second kappa shape index (κ2) is 15.4. The van der Waals surface area contributed by atoms with Gasteiger partial charge >= 0.3 is 5.97 Å². The van der Waals surface area contributed by atoms with E-state index in [0.717, 1.165) is 0 Å². The zero-order valence-electron chi connectivity index (χ0n) is 18.5. The molecule has 0 aliphatic carbocycles. The van der Waals surface area contributed by atoms with Crippen LogP contribution < -0.4 is 33.2 Å². The first kappa shape index (κ1) is 29.6. The standard InChI is InChI=1S/C19H36N6O6S/c1-3-10(2)15(19(30)31)25-18(29)13(8-14(22)26)24-17(28)12(6-4-5-7-20)23-16(27)11(21)9-32/h10-13,15,32H,3-9,20-21H2,1-2H3,(H2,22,26)(H,23,27)(H,24,28)(H,25,29)(H,30,31). The Morgan fingerprint density at radius 1 is 0.969 bits per heavy atom. The number of amides is 4. The number of rotatable bonds is 16. The van der Waals surface area contributed by atoms with Crippen LogP contribution in [-0.2, 0) is 24.0 Å². The van der Waals surface area contributed by atoms with E-state index in [2.05, 4.69) is 28.6 Å². The van der Waals surface area contributed by atoms with Crippen LogP contribution >= 0.6 is 12.6 Å². The number of carbonyl (C=O) groups excluding carboxylic acids is 4. The van der Waals surface area contributed by atoms with Crippen LogP contribution in [0.1, 0.15) is 46.0 Å². The molecule has 0 aliphatic heterocycles. The molecule has 5 unspecified atom stereocenters. The molecule has 0 aromatic rings. The summed E-state index contributed by atoms with van der Waals surface area (Å²) in [4.78, 5) is 60.6. The molecule has 5 atom stereocenters. The highest BCUT2D eigenvalue weighted by Gasteiger charge is 2.32. The third-order valence-electron chi connectivity index (χ3n) is 4.93. The molecular formula is C19H36N6O6S. The Balaban J connectivity index is 5.51. The molecule has 0 saturated heterocycles. The highest BCUT2D eigenvalue weighted by atomic mass is 32.1. The Kier molecular flexibility index (Phi) is 14.3. The number of primary amides is 1. The molecule has 4 amide bonds. The van der Waals surface area contributed by atoms with Crippen molar-refractivity contribution in [3.05, 3.63) is 0 Å². The van der Waals surface area contributed by atoms with Gasteiger partial charge in [0, 0.05) is 5.75 Å². The fraction of sp³-hybridized carbons (Fsp3) is 0.737. The van der Waals surface area contributed by atoms with Gasteiger partial charge in [0.1, 0.15) is 18.1 Å². The molecule has 12 nitrogen and oxygen atoms in total. The van der Waals surface area contributed by atoms with Crippen molar-refractivity contribution in [1.29, 1.82) is 0 Å². The van der Waals surface area contributed by atoms with Gasteiger partial charge in [-0.15, -0.1) is 0 Å². The number of hydrogen-bond acceptors (Lipinski definition) is 8. The summed E-state index contributed by atoms with van der Waals surface area (Å²) in [5.41, 5.74) is 16.3. The van der Waals surface area contributed by atoms with Crippen molar-refractivity contribution in [1.82, 2.24) is 16.0 Å². The largest absolute Gasteiger partial charge is 0.480 e. The normalized spacial score (nSPS) is 15.5. The van der Waals surface area contributed by atoms with E-state index in [0.29, 0.717) is 25.8 Å². The van der Waals surface area contributed by atoms with Gasteiger partial charge in [-0.1, -0.05) is 20.3 Å². The highest BCUT2D eigenvalue weighted by molar-refractivity contribution is 7.80. The molecule has 0 radical (unpaired) electrons. The minimum atomic E-state index is -1.42. The molecule has 0 aliphatic rings. The summed E-state index contributed by atoms with van der Waals surface area (Å²) >= 11 is 3.95. The van der Waals surface area contributed by atoms with Gasteiger partial charge in [-0.05, 0) is 31.7 Å². The number of unbranched alkanes of at least 4 members (excludes halogenated alkanes) is 1. The Morgan fingerprint density at radius 2 is 1.53 bits per heavy atom. The van der Waals surface area contributed by atoms with E-state index in [1.807, 2.05) is 0 Å². The lowest BCUT2D eigenvalue weighted by Crippen LogP contribution is -2.58. The van der Waals surface area contributed by atoms with Gasteiger partial charge in [0.2, 0.25) is 23.6 Å². The van der Waals surface area contributed by atoms with Gasteiger partial charge < -0.3 is 38.3 Å². The van der Waals surface area contributed by atoms with E-state index < -0.39 is 66.1 Å². The molecule has 0 spiro atoms. The molecule has 0 bridgehead atoms. The maximum absolute atomic E-state index is 12.8. The summed E-state index contributed by atoms with van der Waals surface area (Å²) in [5.74, 6) is -4.67. The Hall–Kier alpha value is -2.38. The number of hydrogen-bond donors (Lipinski definition) is 8. The van der Waals surface area contributed by atoms with Crippen molar-refractivity contribution in [2.75, 3.05) is 12.3 Å². The molecule has 0 aromatic heterocycles. The van der Waals surface area contributed by atoms with E-state index in [9.17, 15) is 29.1 Å². The maximum Gasteiger partial charge on any atom is 0.326 e. The fourth-order valence-corrected chi connectivity index (χ4v) is 2.91. The average Bonchev–Trinajstić information content (AvgIpc) is 2.74. The van der Waals surface area contributed by atoms with Crippen molar-refractivity contribution in [3.63, 3.8) is 0 Å². The topological polar surface area (TPSA) is 220 Å². The summed E-state index contributed by atoms with van der Waals surface area (Å²) in [6, 6.07) is -4.63. The summed E-state index contributed by atoms with van der Waals surface area (Å²) in [5, 5.41) is 16.6. The van der Waals surface area contributed by atoms with Crippen molar-refractivity contribution >= 4 is 42.2 Å². The molecule has 0 saturated carbocycles. The average molecular weight is 477 g/mol. The Morgan fingerprint density at radius 3 is 2.00 bits per heavy atom. The van der Waals surface area contributed by atoms with Crippen LogP contribution in [0.5, 0.6) is 0 Å². The summed E-state index contributed by atoms with van der Waals surface area (Å²) in [6.45, 7) is 3.80. The molecule has 0 aromatic carbocycles. The molecule has 184 valence electrons. The molecule has 0 heterocycles. The summed E-state index contributed by atoms with van der Waals surface area (Å²) < 4.78 is 0. The number of carbonyl (C=O) groups is 5. The van der Waals surface area contributed by atoms with E-state index in [4.69, 9.17) is 17.2 Å². The van der Waals surface area contributed by atoms with Crippen molar-refractivity contribution in [2.24, 2.45) is 23.1 Å². The van der Waals surface area contributed by atoms with Crippen LogP contribution in [0, 0.1) is 5.92 Å². The predicted molar refractivity (Wildman–Crippen MR) is 121 cm³/mol. The lowest BCUT2D eigenvalue weighted by atomic mass is 9.98. The van der Waals surface area contributed by atoms with Crippen LogP contribution in [0.2, 0.25) is 0 Å². The van der Waals surface area contributed by atoms with Gasteiger partial charge in [0.05, 0.1) is 12.5 Å². The van der Waals surface area contributed by atoms with Gasteiger partial charge in [0.25, 0.3) is 0 Å². The van der Waals surface area contributed by atoms with Crippen LogP contribution in [0.3, 0.4) is 0 Å². The molecule has 0 fully saturated rings. The van der Waals surface area contributed by atoms with Crippen LogP contribution in [0.25, 0.3) is 0 Å². The second-order valence-electron chi connectivity index (χ2n) is 7.58. The van der Waals surface area contributed by atoms with Gasteiger partial charge in [-0.25, -0.2) is 4.79 Å². The number of aliphatic carboxylic acids is 1. The minimum Gasteiger partial charge on any atom is -0.480 e. The van der Waals surface area contributed by atoms with Crippen LogP contribution in [0.4, 0.5) is 0 Å². The number of carboxylic acid groups (broad SMARTS) is 1. The highest BCUT2D eigenvalue weighted by Crippen LogP contribution is 2.09. The zero-order valence-corrected chi connectivity index (χ0v) is 19.4. The van der Waals surface area contributed by atoms with Crippen LogP contribution in [-0.4, -0.2) is 71.2 Å². The SMILES string of the molecule is CCC(C)C(NC(=O)C(CC(N)=O)NC(=O)C(CCCCN)NC(=O)C(N)CS)C(=O)O. The minimum absolute atomic E-state index is 0.0574. The summed E-state index contributed by atoms with van der Waals surface area (Å²) in [7, 11) is 0. The number of thiol groups is 1.